The molecule has 0 bridgehead atoms. The molecule has 1 unspecified atom stereocenters. The first kappa shape index (κ1) is 8.00. The summed E-state index contributed by atoms with van der Waals surface area (Å²) in [6.07, 6.45) is 0.178. The molecule has 1 rings (SSSR count). The Balaban J connectivity index is 2.64. The van der Waals surface area contributed by atoms with E-state index in [9.17, 15) is 9.59 Å². The van der Waals surface area contributed by atoms with Gasteiger partial charge in [-0.3, -0.25) is 9.59 Å². The largest absolute Gasteiger partial charge is 0.391 e. The molecule has 0 spiro atoms. The molecule has 0 aromatic rings. The number of likely N-dealkylation sites (tertiary alicyclic amines) is 1. The van der Waals surface area contributed by atoms with Crippen molar-refractivity contribution in [2.24, 2.45) is 5.73 Å². The van der Waals surface area contributed by atoms with Gasteiger partial charge >= 0.3 is 0 Å². The molecule has 1 aliphatic heterocycles. The van der Waals surface area contributed by atoms with Gasteiger partial charge in [-0.2, -0.15) is 0 Å². The Morgan fingerprint density at radius 1 is 1.73 bits per heavy atom. The minimum absolute atomic E-state index is 0.205. The number of aliphatic hydroxyl groups excluding tert-OH is 1. The van der Waals surface area contributed by atoms with Crippen LogP contribution in [0.5, 0.6) is 0 Å². The molecule has 0 radical (unpaired) electrons. The van der Waals surface area contributed by atoms with Crippen molar-refractivity contribution in [3.05, 3.63) is 0 Å². The van der Waals surface area contributed by atoms with E-state index in [2.05, 4.69) is 0 Å². The van der Waals surface area contributed by atoms with Crippen LogP contribution in [0.4, 0.5) is 0 Å². The van der Waals surface area contributed by atoms with Crippen LogP contribution in [0.3, 0.4) is 0 Å². The molecule has 2 amide bonds. The average Bonchev–Trinajstić information content (AvgIpc) is 2.30. The maximum atomic E-state index is 10.6. The second-order valence-corrected chi connectivity index (χ2v) is 2.61. The van der Waals surface area contributed by atoms with Gasteiger partial charge < -0.3 is 15.7 Å². The molecule has 3 N–H and O–H groups in total. The molecule has 11 heavy (non-hydrogen) atoms. The summed E-state index contributed by atoms with van der Waals surface area (Å²) < 4.78 is 0. The Kier molecular flexibility index (Phi) is 2.09. The van der Waals surface area contributed by atoms with Gasteiger partial charge in [0.1, 0.15) is 6.04 Å². The van der Waals surface area contributed by atoms with E-state index in [0.717, 1.165) is 0 Å². The summed E-state index contributed by atoms with van der Waals surface area (Å²) >= 11 is 0. The van der Waals surface area contributed by atoms with E-state index in [1.165, 1.54) is 4.90 Å². The number of nitrogens with zero attached hydrogens (tertiary/aromatic N) is 1. The van der Waals surface area contributed by atoms with Crippen LogP contribution in [0, 0.1) is 0 Å². The second-order valence-electron chi connectivity index (χ2n) is 2.61. The van der Waals surface area contributed by atoms with Gasteiger partial charge in [0.15, 0.2) is 0 Å². The molecular formula is C6H10N2O3. The van der Waals surface area contributed by atoms with Gasteiger partial charge in [-0.05, 0) is 0 Å². The summed E-state index contributed by atoms with van der Waals surface area (Å²) in [5.74, 6) is -0.561. The van der Waals surface area contributed by atoms with Gasteiger partial charge in [0, 0.05) is 13.0 Å². The lowest BCUT2D eigenvalue weighted by molar-refractivity contribution is -0.129. The monoisotopic (exact) mass is 158 g/mol. The number of hydrogen-bond acceptors (Lipinski definition) is 3. The fourth-order valence-corrected chi connectivity index (χ4v) is 1.23. The van der Waals surface area contributed by atoms with Crippen LogP contribution < -0.4 is 5.73 Å². The Labute approximate surface area is 63.8 Å². The zero-order valence-electron chi connectivity index (χ0n) is 5.93. The zero-order chi connectivity index (χ0) is 8.43. The zero-order valence-corrected chi connectivity index (χ0v) is 5.93. The van der Waals surface area contributed by atoms with E-state index in [1.54, 1.807) is 0 Å². The smallest absolute Gasteiger partial charge is 0.240 e. The molecule has 5 nitrogen and oxygen atoms in total. The van der Waals surface area contributed by atoms with Gasteiger partial charge in [-0.25, -0.2) is 0 Å². The summed E-state index contributed by atoms with van der Waals surface area (Å²) in [5.41, 5.74) is 4.98. The minimum atomic E-state index is -0.623. The van der Waals surface area contributed by atoms with E-state index in [1.807, 2.05) is 0 Å². The summed E-state index contributed by atoms with van der Waals surface area (Å²) in [6, 6.07) is -0.623. The van der Waals surface area contributed by atoms with Crippen molar-refractivity contribution >= 4 is 12.3 Å². The molecule has 0 aromatic heterocycles. The Hall–Kier alpha value is -1.10. The molecule has 1 fully saturated rings. The highest BCUT2D eigenvalue weighted by Crippen LogP contribution is 2.14. The molecule has 62 valence electrons. The third-order valence-electron chi connectivity index (χ3n) is 1.78. The number of aliphatic hydroxyl groups is 1. The van der Waals surface area contributed by atoms with Gasteiger partial charge in [0.05, 0.1) is 6.10 Å². The molecule has 1 heterocycles. The van der Waals surface area contributed by atoms with Gasteiger partial charge in [-0.1, -0.05) is 0 Å². The third kappa shape index (κ3) is 1.48. The SMILES string of the molecule is NC(=O)C1C[C@H](O)CN1C=O. The van der Waals surface area contributed by atoms with Crippen molar-refractivity contribution in [2.75, 3.05) is 6.54 Å². The van der Waals surface area contributed by atoms with Crippen LogP contribution >= 0.6 is 0 Å². The molecule has 1 saturated heterocycles. The van der Waals surface area contributed by atoms with Crippen molar-refractivity contribution < 1.29 is 14.7 Å². The highest BCUT2D eigenvalue weighted by molar-refractivity contribution is 5.82. The molecule has 2 atom stereocenters. The van der Waals surface area contributed by atoms with Crippen molar-refractivity contribution in [1.82, 2.24) is 4.90 Å². The van der Waals surface area contributed by atoms with E-state index in [0.29, 0.717) is 6.41 Å². The maximum absolute atomic E-state index is 10.6. The highest BCUT2D eigenvalue weighted by Gasteiger charge is 2.33. The second kappa shape index (κ2) is 2.87. The van der Waals surface area contributed by atoms with Crippen molar-refractivity contribution in [1.29, 1.82) is 0 Å². The van der Waals surface area contributed by atoms with Crippen LogP contribution in [0.15, 0.2) is 0 Å². The molecule has 0 aromatic carbocycles. The van der Waals surface area contributed by atoms with Crippen LogP contribution in [0.25, 0.3) is 0 Å². The lowest BCUT2D eigenvalue weighted by Crippen LogP contribution is -2.39. The minimum Gasteiger partial charge on any atom is -0.391 e. The van der Waals surface area contributed by atoms with Crippen LogP contribution in [-0.2, 0) is 9.59 Å². The standard InChI is InChI=1S/C6H10N2O3/c7-6(11)5-1-4(10)2-8(5)3-9/h3-5,10H,1-2H2,(H2,7,11)/t4-,5?/m0/s1. The fourth-order valence-electron chi connectivity index (χ4n) is 1.23. The summed E-state index contributed by atoms with van der Waals surface area (Å²) in [5, 5.41) is 9.04. The van der Waals surface area contributed by atoms with E-state index in [-0.39, 0.29) is 13.0 Å². The van der Waals surface area contributed by atoms with Crippen LogP contribution in [0.2, 0.25) is 0 Å². The number of amides is 2. The first-order chi connectivity index (χ1) is 5.15. The summed E-state index contributed by atoms with van der Waals surface area (Å²) in [6.45, 7) is 0.205. The Morgan fingerprint density at radius 2 is 2.36 bits per heavy atom. The predicted octanol–water partition coefficient (Wildman–Crippen LogP) is -1.94. The first-order valence-corrected chi connectivity index (χ1v) is 3.33. The Morgan fingerprint density at radius 3 is 2.73 bits per heavy atom. The van der Waals surface area contributed by atoms with Crippen molar-refractivity contribution in [3.63, 3.8) is 0 Å². The normalized spacial score (nSPS) is 30.5. The number of carbonyl (C=O) groups excluding carboxylic acids is 2. The fraction of sp³-hybridized carbons (Fsp3) is 0.667. The van der Waals surface area contributed by atoms with Crippen molar-refractivity contribution in [3.8, 4) is 0 Å². The van der Waals surface area contributed by atoms with Crippen LogP contribution in [0.1, 0.15) is 6.42 Å². The third-order valence-corrected chi connectivity index (χ3v) is 1.78. The van der Waals surface area contributed by atoms with E-state index in [4.69, 9.17) is 10.8 Å². The number of carbonyl (C=O) groups is 2. The van der Waals surface area contributed by atoms with Gasteiger partial charge in [0.2, 0.25) is 12.3 Å². The lowest BCUT2D eigenvalue weighted by Gasteiger charge is -2.14. The van der Waals surface area contributed by atoms with Gasteiger partial charge in [0.25, 0.3) is 0 Å². The quantitative estimate of drug-likeness (QED) is 0.459. The summed E-state index contributed by atoms with van der Waals surface area (Å²) in [4.78, 5) is 22.1. The highest BCUT2D eigenvalue weighted by atomic mass is 16.3. The molecule has 0 aliphatic carbocycles. The number of hydrogen-bond donors (Lipinski definition) is 2. The van der Waals surface area contributed by atoms with Crippen LogP contribution in [-0.4, -0.2) is 41.0 Å². The predicted molar refractivity (Wildman–Crippen MR) is 36.4 cm³/mol. The molecule has 1 aliphatic rings. The van der Waals surface area contributed by atoms with E-state index < -0.39 is 18.1 Å². The average molecular weight is 158 g/mol. The maximum Gasteiger partial charge on any atom is 0.240 e. The molecular weight excluding hydrogens is 148 g/mol. The number of rotatable bonds is 2. The van der Waals surface area contributed by atoms with Crippen molar-refractivity contribution in [2.45, 2.75) is 18.6 Å². The first-order valence-electron chi connectivity index (χ1n) is 3.33. The lowest BCUT2D eigenvalue weighted by atomic mass is 10.2. The topological polar surface area (TPSA) is 83.6 Å². The Bertz CT molecular complexity index is 183. The number of primary amides is 1. The summed E-state index contributed by atoms with van der Waals surface area (Å²) in [7, 11) is 0. The molecule has 5 heteroatoms. The van der Waals surface area contributed by atoms with Gasteiger partial charge in [-0.15, -0.1) is 0 Å². The van der Waals surface area contributed by atoms with E-state index >= 15 is 0 Å². The number of nitrogens with two attached hydrogens (primary N) is 1. The molecule has 0 saturated carbocycles. The number of β-amino-alcohol motifs (C(OH)–C–C–N with tert-alkyl or cyclic N) is 1.